The fourth-order valence-electron chi connectivity index (χ4n) is 2.77. The van der Waals surface area contributed by atoms with Gasteiger partial charge < -0.3 is 14.8 Å². The van der Waals surface area contributed by atoms with E-state index in [1.165, 1.54) is 0 Å². The number of hydrogen-bond donors (Lipinski definition) is 1. The Balaban J connectivity index is 2.54. The van der Waals surface area contributed by atoms with Gasteiger partial charge in [0.2, 0.25) is 5.91 Å². The lowest BCUT2D eigenvalue weighted by atomic mass is 10.0. The monoisotopic (exact) mass is 405 g/mol. The van der Waals surface area contributed by atoms with Gasteiger partial charge in [-0.05, 0) is 30.7 Å². The molecule has 1 N–H and O–H groups in total. The smallest absolute Gasteiger partial charge is 0.328 e. The minimum Gasteiger partial charge on any atom is -0.462 e. The van der Waals surface area contributed by atoms with E-state index in [1.54, 1.807) is 6.92 Å². The van der Waals surface area contributed by atoms with Gasteiger partial charge in [0.25, 0.3) is 0 Å². The van der Waals surface area contributed by atoms with Gasteiger partial charge in [0, 0.05) is 6.42 Å². The molecule has 0 spiro atoms. The van der Waals surface area contributed by atoms with Crippen LogP contribution < -0.4 is 5.32 Å². The normalized spacial score (nSPS) is 14.0. The van der Waals surface area contributed by atoms with Gasteiger partial charge in [0.15, 0.2) is 0 Å². The van der Waals surface area contributed by atoms with Crippen LogP contribution in [0.15, 0.2) is 30.3 Å². The number of esters is 2. The van der Waals surface area contributed by atoms with Crippen molar-refractivity contribution in [2.45, 2.75) is 79.1 Å². The molecule has 0 radical (unpaired) electrons. The Kier molecular flexibility index (Phi) is 11.0. The van der Waals surface area contributed by atoms with E-state index in [2.05, 4.69) is 5.32 Å². The van der Waals surface area contributed by atoms with Crippen molar-refractivity contribution >= 4 is 17.8 Å². The largest absolute Gasteiger partial charge is 0.462 e. The fourth-order valence-corrected chi connectivity index (χ4v) is 2.77. The molecule has 1 aromatic carbocycles. The van der Waals surface area contributed by atoms with Crippen LogP contribution in [0.1, 0.15) is 65.9 Å². The first-order chi connectivity index (χ1) is 13.7. The molecule has 0 unspecified atom stereocenters. The molecule has 1 aromatic rings. The number of carbonyl (C=O) groups excluding carboxylic acids is 3. The molecular formula is C23H35NO5. The van der Waals surface area contributed by atoms with Crippen LogP contribution in [0.25, 0.3) is 0 Å². The quantitative estimate of drug-likeness (QED) is 0.531. The minimum atomic E-state index is -0.728. The van der Waals surface area contributed by atoms with Crippen LogP contribution in [0, 0.1) is 11.8 Å². The molecule has 0 aromatic heterocycles. The van der Waals surface area contributed by atoms with Crippen molar-refractivity contribution in [1.29, 1.82) is 0 Å². The summed E-state index contributed by atoms with van der Waals surface area (Å²) in [6, 6.07) is 8.66. The van der Waals surface area contributed by atoms with Crippen LogP contribution in [0.2, 0.25) is 0 Å². The number of rotatable bonds is 12. The highest BCUT2D eigenvalue weighted by Gasteiger charge is 2.25. The first-order valence-corrected chi connectivity index (χ1v) is 10.4. The summed E-state index contributed by atoms with van der Waals surface area (Å²) < 4.78 is 10.7. The van der Waals surface area contributed by atoms with E-state index < -0.39 is 18.1 Å². The molecule has 0 fully saturated rings. The molecule has 0 aliphatic carbocycles. The molecule has 6 nitrogen and oxygen atoms in total. The maximum Gasteiger partial charge on any atom is 0.328 e. The maximum atomic E-state index is 12.5. The molecule has 1 amide bonds. The summed E-state index contributed by atoms with van der Waals surface area (Å²) in [5.74, 6) is -0.650. The van der Waals surface area contributed by atoms with E-state index in [1.807, 2.05) is 58.0 Å². The number of nitrogens with one attached hydrogen (secondary N) is 1. The summed E-state index contributed by atoms with van der Waals surface area (Å²) >= 11 is 0. The Bertz CT molecular complexity index is 644. The third-order valence-electron chi connectivity index (χ3n) is 4.57. The summed E-state index contributed by atoms with van der Waals surface area (Å²) in [6.45, 7) is 9.79. The first-order valence-electron chi connectivity index (χ1n) is 10.4. The second kappa shape index (κ2) is 13.0. The summed E-state index contributed by atoms with van der Waals surface area (Å²) in [5, 5.41) is 2.74. The van der Waals surface area contributed by atoms with Gasteiger partial charge in [-0.1, -0.05) is 64.4 Å². The lowest BCUT2D eigenvalue weighted by Gasteiger charge is -2.21. The fraction of sp³-hybridized carbons (Fsp3) is 0.609. The average molecular weight is 406 g/mol. The molecule has 162 valence electrons. The predicted octanol–water partition coefficient (Wildman–Crippen LogP) is 4.02. The average Bonchev–Trinajstić information content (AvgIpc) is 2.65. The number of benzene rings is 1. The van der Waals surface area contributed by atoms with E-state index in [0.29, 0.717) is 12.8 Å². The molecule has 0 bridgehead atoms. The molecule has 1 rings (SSSR count). The van der Waals surface area contributed by atoms with Crippen molar-refractivity contribution in [2.24, 2.45) is 11.8 Å². The first kappa shape index (κ1) is 24.7. The Hall–Kier alpha value is -2.37. The molecule has 29 heavy (non-hydrogen) atoms. The molecule has 0 aliphatic heterocycles. The topological polar surface area (TPSA) is 81.7 Å². The van der Waals surface area contributed by atoms with Crippen molar-refractivity contribution in [3.63, 3.8) is 0 Å². The molecule has 0 saturated carbocycles. The molecule has 3 atom stereocenters. The van der Waals surface area contributed by atoms with Gasteiger partial charge in [-0.2, -0.15) is 0 Å². The van der Waals surface area contributed by atoms with Gasteiger partial charge >= 0.3 is 11.9 Å². The van der Waals surface area contributed by atoms with Crippen molar-refractivity contribution in [2.75, 3.05) is 0 Å². The zero-order chi connectivity index (χ0) is 21.8. The molecule has 0 aliphatic rings. The molecule has 0 heterocycles. The zero-order valence-electron chi connectivity index (χ0n) is 18.3. The molecule has 6 heteroatoms. The second-order valence-corrected chi connectivity index (χ2v) is 8.07. The molecule has 0 saturated heterocycles. The van der Waals surface area contributed by atoms with Crippen LogP contribution in [0.4, 0.5) is 0 Å². The van der Waals surface area contributed by atoms with E-state index in [9.17, 15) is 14.4 Å². The molecular weight excluding hydrogens is 370 g/mol. The van der Waals surface area contributed by atoms with Crippen LogP contribution >= 0.6 is 0 Å². The lowest BCUT2D eigenvalue weighted by Crippen LogP contribution is -2.43. The van der Waals surface area contributed by atoms with Gasteiger partial charge in [-0.25, -0.2) is 4.79 Å². The van der Waals surface area contributed by atoms with Crippen LogP contribution in [0.5, 0.6) is 0 Å². The SMILES string of the molecule is CC[C@H](C)CC(=O)O[C@H](C)CC(=O)N[C@@H](CC(C)C)C(=O)OCc1ccccc1. The van der Waals surface area contributed by atoms with Crippen molar-refractivity contribution in [1.82, 2.24) is 5.32 Å². The summed E-state index contributed by atoms with van der Waals surface area (Å²) in [4.78, 5) is 36.7. The summed E-state index contributed by atoms with van der Waals surface area (Å²) in [7, 11) is 0. The Labute approximate surface area is 174 Å². The summed E-state index contributed by atoms with van der Waals surface area (Å²) in [6.07, 6.45) is 1.16. The minimum absolute atomic E-state index is 0.00675. The number of hydrogen-bond acceptors (Lipinski definition) is 5. The highest BCUT2D eigenvalue weighted by atomic mass is 16.5. The predicted molar refractivity (Wildman–Crippen MR) is 112 cm³/mol. The third-order valence-corrected chi connectivity index (χ3v) is 4.57. The van der Waals surface area contributed by atoms with Crippen molar-refractivity contribution < 1.29 is 23.9 Å². The van der Waals surface area contributed by atoms with Gasteiger partial charge in [0.05, 0.1) is 6.42 Å². The van der Waals surface area contributed by atoms with Crippen LogP contribution in [0.3, 0.4) is 0 Å². The van der Waals surface area contributed by atoms with E-state index >= 15 is 0 Å². The number of carbonyl (C=O) groups is 3. The van der Waals surface area contributed by atoms with Crippen LogP contribution in [-0.4, -0.2) is 30.0 Å². The van der Waals surface area contributed by atoms with Gasteiger partial charge in [0.1, 0.15) is 18.8 Å². The van der Waals surface area contributed by atoms with Crippen molar-refractivity contribution in [3.8, 4) is 0 Å². The highest BCUT2D eigenvalue weighted by Crippen LogP contribution is 2.11. The zero-order valence-corrected chi connectivity index (χ0v) is 18.3. The van der Waals surface area contributed by atoms with E-state index in [0.717, 1.165) is 12.0 Å². The Morgan fingerprint density at radius 1 is 1.00 bits per heavy atom. The second-order valence-electron chi connectivity index (χ2n) is 8.07. The van der Waals surface area contributed by atoms with Crippen molar-refractivity contribution in [3.05, 3.63) is 35.9 Å². The lowest BCUT2D eigenvalue weighted by molar-refractivity contribution is -0.153. The maximum absolute atomic E-state index is 12.5. The number of amides is 1. The Morgan fingerprint density at radius 2 is 1.66 bits per heavy atom. The van der Waals surface area contributed by atoms with E-state index in [4.69, 9.17) is 9.47 Å². The Morgan fingerprint density at radius 3 is 2.24 bits per heavy atom. The van der Waals surface area contributed by atoms with E-state index in [-0.39, 0.29) is 36.7 Å². The van der Waals surface area contributed by atoms with Gasteiger partial charge in [-0.15, -0.1) is 0 Å². The summed E-state index contributed by atoms with van der Waals surface area (Å²) in [5.41, 5.74) is 0.886. The third kappa shape index (κ3) is 10.7. The van der Waals surface area contributed by atoms with Gasteiger partial charge in [-0.3, -0.25) is 9.59 Å². The highest BCUT2D eigenvalue weighted by molar-refractivity contribution is 5.84. The standard InChI is InChI=1S/C23H35NO5/c1-6-17(4)13-22(26)29-18(5)14-21(25)24-20(12-16(2)3)23(27)28-15-19-10-8-7-9-11-19/h7-11,16-18,20H,6,12-15H2,1-5H3,(H,24,25)/t17-,18+,20-/m0/s1. The van der Waals surface area contributed by atoms with Crippen LogP contribution in [-0.2, 0) is 30.5 Å². The number of ether oxygens (including phenoxy) is 2.